The van der Waals surface area contributed by atoms with E-state index in [9.17, 15) is 19.2 Å². The molecule has 2 fully saturated rings. The summed E-state index contributed by atoms with van der Waals surface area (Å²) in [6, 6.07) is -0.616. The highest BCUT2D eigenvalue weighted by Gasteiger charge is 2.50. The first-order valence-electron chi connectivity index (χ1n) is 13.1. The molecular formula is C26H52N4O5. The first-order valence-corrected chi connectivity index (χ1v) is 13.1. The summed E-state index contributed by atoms with van der Waals surface area (Å²) in [7, 11) is 3.42. The average Bonchev–Trinajstić information content (AvgIpc) is 3.40. The molecule has 0 saturated carbocycles. The summed E-state index contributed by atoms with van der Waals surface area (Å²) in [6.07, 6.45) is 5.91. The van der Waals surface area contributed by atoms with Crippen LogP contribution in [-0.4, -0.2) is 86.8 Å². The lowest BCUT2D eigenvalue weighted by molar-refractivity contribution is -0.133. The van der Waals surface area contributed by atoms with Crippen molar-refractivity contribution in [2.24, 2.45) is 5.92 Å². The molecule has 3 N–H and O–H groups in total. The lowest BCUT2D eigenvalue weighted by Crippen LogP contribution is -2.48. The number of carbonyl (C=O) groups is 4. The zero-order valence-electron chi connectivity index (χ0n) is 23.7. The molecule has 3 atom stereocenters. The number of hydrogen-bond donors (Lipinski definition) is 3. The number of epoxide rings is 1. The van der Waals surface area contributed by atoms with Gasteiger partial charge in [-0.15, -0.1) is 0 Å². The van der Waals surface area contributed by atoms with E-state index in [4.69, 9.17) is 4.74 Å². The number of nitrogens with zero attached hydrogens (tertiary/aromatic N) is 1. The van der Waals surface area contributed by atoms with Crippen LogP contribution in [0.15, 0.2) is 0 Å². The molecule has 9 nitrogen and oxygen atoms in total. The summed E-state index contributed by atoms with van der Waals surface area (Å²) < 4.78 is 5.15. The quantitative estimate of drug-likeness (QED) is 0.294. The van der Waals surface area contributed by atoms with E-state index in [0.29, 0.717) is 25.5 Å². The van der Waals surface area contributed by atoms with Crippen molar-refractivity contribution in [1.82, 2.24) is 20.9 Å². The molecular weight excluding hydrogens is 448 g/mol. The number of aldehydes is 1. The van der Waals surface area contributed by atoms with Crippen molar-refractivity contribution in [2.75, 3.05) is 40.3 Å². The minimum Gasteiger partial charge on any atom is -0.361 e. The molecule has 0 radical (unpaired) electrons. The van der Waals surface area contributed by atoms with Gasteiger partial charge in [0.2, 0.25) is 11.8 Å². The van der Waals surface area contributed by atoms with Gasteiger partial charge in [0.25, 0.3) is 0 Å². The predicted octanol–water partition coefficient (Wildman–Crippen LogP) is 2.32. The van der Waals surface area contributed by atoms with E-state index in [2.05, 4.69) is 29.8 Å². The molecule has 2 rings (SSSR count). The number of unbranched alkanes of at least 4 members (excludes halogenated alkanes) is 1. The Morgan fingerprint density at radius 2 is 1.63 bits per heavy atom. The van der Waals surface area contributed by atoms with Crippen LogP contribution in [0.3, 0.4) is 0 Å². The van der Waals surface area contributed by atoms with Crippen LogP contribution in [0, 0.1) is 5.92 Å². The summed E-state index contributed by atoms with van der Waals surface area (Å²) in [4.78, 5) is 47.1. The second-order valence-electron chi connectivity index (χ2n) is 9.13. The van der Waals surface area contributed by atoms with Gasteiger partial charge < -0.3 is 30.4 Å². The number of nitrogens with one attached hydrogen (secondary N) is 3. The smallest absolute Gasteiger partial charge is 0.237 e. The van der Waals surface area contributed by atoms with E-state index in [1.54, 1.807) is 25.9 Å². The first kappa shape index (κ1) is 35.3. The molecule has 9 heteroatoms. The fraction of sp³-hybridized carbons (Fsp3) is 0.846. The molecule has 0 aliphatic carbocycles. The van der Waals surface area contributed by atoms with Crippen LogP contribution in [0.2, 0.25) is 0 Å². The standard InChI is InChI=1S/C12H22N2O3.C8H14N2O2.C4H10.C2H6/c1-8(2)5-9(14-10(15)6-13-4)11(16)12(3)7-17-12;1-9-5-8(12)10-4-2-3-7(10)6-11;1-3-4-2;1-2/h8-9,13H,5-7H2,1-4H3,(H,14,15);6-7,9H,2-5H2,1H3;3-4H2,1-2H3;1-2H3. The molecule has 0 bridgehead atoms. The van der Waals surface area contributed by atoms with E-state index < -0.39 is 11.6 Å². The number of carbonyl (C=O) groups excluding carboxylic acids is 4. The fourth-order valence-electron chi connectivity index (χ4n) is 3.22. The SMILES string of the molecule is CC.CCCC.CNCC(=O)N1CCCC1C=O.CNCC(=O)NC(CC(C)C)C(=O)C1(C)CO1. The summed E-state index contributed by atoms with van der Waals surface area (Å²) in [6.45, 7) is 15.9. The van der Waals surface area contributed by atoms with Gasteiger partial charge in [-0.3, -0.25) is 14.4 Å². The summed E-state index contributed by atoms with van der Waals surface area (Å²) >= 11 is 0. The van der Waals surface area contributed by atoms with Crippen LogP contribution in [-0.2, 0) is 23.9 Å². The Kier molecular flexibility index (Phi) is 20.5. The number of rotatable bonds is 11. The molecule has 2 saturated heterocycles. The fourth-order valence-corrected chi connectivity index (χ4v) is 3.22. The predicted molar refractivity (Wildman–Crippen MR) is 141 cm³/mol. The maximum atomic E-state index is 12.1. The number of hydrogen-bond acceptors (Lipinski definition) is 7. The van der Waals surface area contributed by atoms with Gasteiger partial charge in [0.05, 0.1) is 31.8 Å². The minimum absolute atomic E-state index is 0.0179. The highest BCUT2D eigenvalue weighted by Crippen LogP contribution is 2.29. The van der Waals surface area contributed by atoms with Crippen molar-refractivity contribution in [3.05, 3.63) is 0 Å². The van der Waals surface area contributed by atoms with Crippen molar-refractivity contribution in [2.45, 2.75) is 98.3 Å². The summed E-state index contributed by atoms with van der Waals surface area (Å²) in [5.41, 5.74) is -0.674. The molecule has 0 aromatic carbocycles. The molecule has 2 aliphatic heterocycles. The van der Waals surface area contributed by atoms with Crippen LogP contribution in [0.5, 0.6) is 0 Å². The van der Waals surface area contributed by atoms with Crippen molar-refractivity contribution in [3.63, 3.8) is 0 Å². The maximum Gasteiger partial charge on any atom is 0.237 e. The van der Waals surface area contributed by atoms with Crippen molar-refractivity contribution in [3.8, 4) is 0 Å². The molecule has 2 amide bonds. The third-order valence-corrected chi connectivity index (χ3v) is 5.40. The third kappa shape index (κ3) is 15.0. The van der Waals surface area contributed by atoms with Gasteiger partial charge in [-0.25, -0.2) is 0 Å². The summed E-state index contributed by atoms with van der Waals surface area (Å²) in [5.74, 6) is 0.194. The average molecular weight is 501 g/mol. The molecule has 206 valence electrons. The molecule has 0 spiro atoms. The second-order valence-corrected chi connectivity index (χ2v) is 9.13. The lowest BCUT2D eigenvalue weighted by atomic mass is 9.93. The van der Waals surface area contributed by atoms with E-state index in [-0.39, 0.29) is 30.2 Å². The van der Waals surface area contributed by atoms with Crippen LogP contribution in [0.4, 0.5) is 0 Å². The Hall–Kier alpha value is -1.84. The van der Waals surface area contributed by atoms with Gasteiger partial charge in [0.15, 0.2) is 5.78 Å². The van der Waals surface area contributed by atoms with E-state index in [0.717, 1.165) is 25.7 Å². The Morgan fingerprint density at radius 1 is 1.09 bits per heavy atom. The van der Waals surface area contributed by atoms with Gasteiger partial charge >= 0.3 is 0 Å². The normalized spacial score (nSPS) is 20.7. The number of ketones is 1. The van der Waals surface area contributed by atoms with Crippen molar-refractivity contribution >= 4 is 23.9 Å². The maximum absolute atomic E-state index is 12.1. The van der Waals surface area contributed by atoms with Crippen LogP contribution in [0.1, 0.15) is 80.6 Å². The molecule has 35 heavy (non-hydrogen) atoms. The van der Waals surface area contributed by atoms with Crippen LogP contribution < -0.4 is 16.0 Å². The van der Waals surface area contributed by atoms with E-state index >= 15 is 0 Å². The Balaban J connectivity index is 0. The van der Waals surface area contributed by atoms with E-state index in [1.807, 2.05) is 27.7 Å². The van der Waals surface area contributed by atoms with Crippen LogP contribution >= 0.6 is 0 Å². The van der Waals surface area contributed by atoms with Gasteiger partial charge in [0, 0.05) is 6.54 Å². The minimum atomic E-state index is -0.674. The zero-order chi connectivity index (χ0) is 27.4. The van der Waals surface area contributed by atoms with E-state index in [1.165, 1.54) is 12.8 Å². The number of Topliss-reactive ketones (excluding diaryl/α,β-unsaturated/α-hetero) is 1. The van der Waals surface area contributed by atoms with Gasteiger partial charge in [0.1, 0.15) is 11.9 Å². The largest absolute Gasteiger partial charge is 0.361 e. The monoisotopic (exact) mass is 500 g/mol. The second kappa shape index (κ2) is 20.4. The topological polar surface area (TPSA) is 120 Å². The van der Waals surface area contributed by atoms with Crippen molar-refractivity contribution < 1.29 is 23.9 Å². The molecule has 0 aromatic rings. The summed E-state index contributed by atoms with van der Waals surface area (Å²) in [5, 5.41) is 8.31. The molecule has 2 aliphatic rings. The third-order valence-electron chi connectivity index (χ3n) is 5.40. The van der Waals surface area contributed by atoms with Gasteiger partial charge in [-0.05, 0) is 46.2 Å². The Morgan fingerprint density at radius 3 is 2.03 bits per heavy atom. The number of likely N-dealkylation sites (N-methyl/N-ethyl adjacent to an activating group) is 2. The van der Waals surface area contributed by atoms with Gasteiger partial charge in [-0.1, -0.05) is 54.4 Å². The molecule has 3 unspecified atom stereocenters. The van der Waals surface area contributed by atoms with Crippen molar-refractivity contribution in [1.29, 1.82) is 0 Å². The molecule has 2 heterocycles. The van der Waals surface area contributed by atoms with Crippen LogP contribution in [0.25, 0.3) is 0 Å². The Labute approximate surface area is 213 Å². The zero-order valence-corrected chi connectivity index (χ0v) is 23.7. The highest BCUT2D eigenvalue weighted by atomic mass is 16.6. The number of likely N-dealkylation sites (tertiary alicyclic amines) is 1. The van der Waals surface area contributed by atoms with Gasteiger partial charge in [-0.2, -0.15) is 0 Å². The Bertz CT molecular complexity index is 607. The molecule has 0 aromatic heterocycles. The number of amides is 2. The highest BCUT2D eigenvalue weighted by molar-refractivity contribution is 5.96. The number of ether oxygens (including phenoxy) is 1. The first-order chi connectivity index (χ1) is 16.6. The lowest BCUT2D eigenvalue weighted by Gasteiger charge is -2.21.